The fourth-order valence-electron chi connectivity index (χ4n) is 6.60. The highest BCUT2D eigenvalue weighted by Gasteiger charge is 2.41. The van der Waals surface area contributed by atoms with Crippen LogP contribution in [0.2, 0.25) is 0 Å². The first-order valence-corrected chi connectivity index (χ1v) is 15.0. The summed E-state index contributed by atoms with van der Waals surface area (Å²) in [5, 5.41) is 3.24. The van der Waals surface area contributed by atoms with Gasteiger partial charge in [0.1, 0.15) is 0 Å². The molecule has 1 N–H and O–H groups in total. The highest BCUT2D eigenvalue weighted by molar-refractivity contribution is 5.99. The van der Waals surface area contributed by atoms with Crippen molar-refractivity contribution in [3.8, 4) is 17.1 Å². The van der Waals surface area contributed by atoms with Crippen molar-refractivity contribution >= 4 is 17.5 Å². The summed E-state index contributed by atoms with van der Waals surface area (Å²) in [6.45, 7) is 10.5. The Hall–Kier alpha value is -3.20. The van der Waals surface area contributed by atoms with E-state index in [9.17, 15) is 9.59 Å². The van der Waals surface area contributed by atoms with Crippen molar-refractivity contribution in [2.75, 3.05) is 51.3 Å². The molecule has 9 heteroatoms. The summed E-state index contributed by atoms with van der Waals surface area (Å²) in [5.41, 5.74) is 2.42. The average Bonchev–Trinajstić information content (AvgIpc) is 3.60. The Morgan fingerprint density at radius 3 is 2.60 bits per heavy atom. The van der Waals surface area contributed by atoms with Crippen molar-refractivity contribution < 1.29 is 14.3 Å². The highest BCUT2D eigenvalue weighted by Crippen LogP contribution is 2.40. The van der Waals surface area contributed by atoms with Gasteiger partial charge in [0, 0.05) is 49.9 Å². The molecule has 3 aliphatic rings. The summed E-state index contributed by atoms with van der Waals surface area (Å²) in [5.74, 6) is 0.638. The zero-order chi connectivity index (χ0) is 28.3. The van der Waals surface area contributed by atoms with Gasteiger partial charge in [0.05, 0.1) is 23.6 Å². The highest BCUT2D eigenvalue weighted by atomic mass is 16.5. The van der Waals surface area contributed by atoms with Crippen LogP contribution in [0.4, 0.5) is 5.69 Å². The van der Waals surface area contributed by atoms with Gasteiger partial charge in [0.2, 0.25) is 11.8 Å². The number of hydrogen-bond donors (Lipinski definition) is 1. The van der Waals surface area contributed by atoms with Gasteiger partial charge in [-0.25, -0.2) is 9.97 Å². The van der Waals surface area contributed by atoms with Gasteiger partial charge in [0.25, 0.3) is 5.91 Å². The molecule has 40 heavy (non-hydrogen) atoms. The lowest BCUT2D eigenvalue weighted by atomic mass is 9.86. The first-order chi connectivity index (χ1) is 19.3. The number of carbonyl (C=O) groups excluding carboxylic acids is 2. The average molecular weight is 549 g/mol. The lowest BCUT2D eigenvalue weighted by molar-refractivity contribution is -0.141. The van der Waals surface area contributed by atoms with Crippen LogP contribution < -0.4 is 15.0 Å². The molecule has 1 aliphatic carbocycles. The van der Waals surface area contributed by atoms with E-state index in [4.69, 9.17) is 9.72 Å². The normalized spacial score (nSPS) is 22.9. The van der Waals surface area contributed by atoms with Gasteiger partial charge in [-0.05, 0) is 70.5 Å². The van der Waals surface area contributed by atoms with Crippen LogP contribution in [0, 0.1) is 5.41 Å². The monoisotopic (exact) mass is 548 g/mol. The van der Waals surface area contributed by atoms with E-state index in [1.807, 2.05) is 31.2 Å². The van der Waals surface area contributed by atoms with Crippen LogP contribution in [0.15, 0.2) is 30.5 Å². The first kappa shape index (κ1) is 28.3. The van der Waals surface area contributed by atoms with Crippen molar-refractivity contribution in [3.63, 3.8) is 0 Å². The minimum atomic E-state index is -0.231. The molecule has 9 nitrogen and oxygen atoms in total. The second-order valence-electron chi connectivity index (χ2n) is 11.8. The Kier molecular flexibility index (Phi) is 8.59. The van der Waals surface area contributed by atoms with Crippen LogP contribution in [-0.2, 0) is 4.79 Å². The van der Waals surface area contributed by atoms with Gasteiger partial charge >= 0.3 is 0 Å². The largest absolute Gasteiger partial charge is 0.477 e. The fraction of sp³-hybridized carbons (Fsp3) is 0.613. The number of likely N-dealkylation sites (tertiary alicyclic amines) is 1. The number of anilines is 1. The van der Waals surface area contributed by atoms with Gasteiger partial charge in [-0.15, -0.1) is 0 Å². The van der Waals surface area contributed by atoms with Gasteiger partial charge in [-0.3, -0.25) is 9.59 Å². The zero-order valence-corrected chi connectivity index (χ0v) is 24.5. The van der Waals surface area contributed by atoms with Gasteiger partial charge in [-0.2, -0.15) is 0 Å². The van der Waals surface area contributed by atoms with Crippen LogP contribution in [0.3, 0.4) is 0 Å². The molecule has 0 spiro atoms. The van der Waals surface area contributed by atoms with E-state index >= 15 is 0 Å². The molecule has 216 valence electrons. The molecule has 2 aromatic heterocycles. The first-order valence-electron chi connectivity index (χ1n) is 15.0. The van der Waals surface area contributed by atoms with E-state index in [0.717, 1.165) is 62.9 Å². The maximum Gasteiger partial charge on any atom is 0.272 e. The van der Waals surface area contributed by atoms with E-state index in [2.05, 4.69) is 45.9 Å². The van der Waals surface area contributed by atoms with Crippen LogP contribution in [-0.4, -0.2) is 90.0 Å². The van der Waals surface area contributed by atoms with Crippen LogP contribution in [0.1, 0.15) is 69.8 Å². The van der Waals surface area contributed by atoms with E-state index in [0.29, 0.717) is 49.4 Å². The molecule has 0 radical (unpaired) electrons. The number of amides is 2. The predicted molar refractivity (Wildman–Crippen MR) is 157 cm³/mol. The molecular formula is C31H44N6O3. The third-order valence-electron chi connectivity index (χ3n) is 8.92. The second kappa shape index (κ2) is 12.1. The van der Waals surface area contributed by atoms with Crippen molar-refractivity contribution in [3.05, 3.63) is 36.2 Å². The number of pyridine rings is 2. The molecule has 0 aromatic carbocycles. The molecule has 3 fully saturated rings. The smallest absolute Gasteiger partial charge is 0.272 e. The maximum absolute atomic E-state index is 13.8. The van der Waals surface area contributed by atoms with Crippen molar-refractivity contribution in [1.82, 2.24) is 25.1 Å². The summed E-state index contributed by atoms with van der Waals surface area (Å²) in [6, 6.07) is 7.96. The number of hydrogen-bond acceptors (Lipinski definition) is 7. The fourth-order valence-corrected chi connectivity index (χ4v) is 6.60. The molecule has 2 aliphatic heterocycles. The summed E-state index contributed by atoms with van der Waals surface area (Å²) < 4.78 is 5.77. The Morgan fingerprint density at radius 2 is 1.90 bits per heavy atom. The topological polar surface area (TPSA) is 90.9 Å². The number of nitrogens with one attached hydrogen (secondary N) is 1. The summed E-state index contributed by atoms with van der Waals surface area (Å²) in [4.78, 5) is 43.3. The number of piperazine rings is 1. The molecule has 1 saturated carbocycles. The third-order valence-corrected chi connectivity index (χ3v) is 8.92. The van der Waals surface area contributed by atoms with Crippen LogP contribution >= 0.6 is 0 Å². The Labute approximate surface area is 238 Å². The van der Waals surface area contributed by atoms with Gasteiger partial charge in [-0.1, -0.05) is 26.7 Å². The Morgan fingerprint density at radius 1 is 1.10 bits per heavy atom. The molecule has 2 saturated heterocycles. The Bertz CT molecular complexity index is 1210. The van der Waals surface area contributed by atoms with E-state index in [1.165, 1.54) is 0 Å². The molecule has 5 rings (SSSR count). The lowest BCUT2D eigenvalue weighted by Crippen LogP contribution is -2.57. The number of rotatable bonds is 8. The molecule has 4 heterocycles. The maximum atomic E-state index is 13.8. The molecule has 2 aromatic rings. The predicted octanol–water partition coefficient (Wildman–Crippen LogP) is 3.98. The number of ether oxygens (including phenoxy) is 1. The lowest BCUT2D eigenvalue weighted by Gasteiger charge is -2.45. The minimum Gasteiger partial charge on any atom is -0.477 e. The third kappa shape index (κ3) is 5.80. The molecule has 2 atom stereocenters. The van der Waals surface area contributed by atoms with E-state index < -0.39 is 0 Å². The second-order valence-corrected chi connectivity index (χ2v) is 11.8. The van der Waals surface area contributed by atoms with Crippen molar-refractivity contribution in [2.45, 2.75) is 71.4 Å². The number of aromatic nitrogens is 2. The molecular weight excluding hydrogens is 504 g/mol. The number of likely N-dealkylation sites (N-methyl/N-ethyl adjacent to an activating group) is 1. The van der Waals surface area contributed by atoms with Crippen molar-refractivity contribution in [1.29, 1.82) is 0 Å². The molecule has 0 unspecified atom stereocenters. The van der Waals surface area contributed by atoms with Gasteiger partial charge < -0.3 is 24.8 Å². The van der Waals surface area contributed by atoms with Crippen molar-refractivity contribution in [2.24, 2.45) is 5.41 Å². The van der Waals surface area contributed by atoms with Gasteiger partial charge in [0.15, 0.2) is 5.69 Å². The Balaban J connectivity index is 1.45. The minimum absolute atomic E-state index is 0.0942. The zero-order valence-electron chi connectivity index (χ0n) is 24.5. The summed E-state index contributed by atoms with van der Waals surface area (Å²) in [7, 11) is 2.08. The molecule has 2 amide bonds. The molecule has 0 bridgehead atoms. The van der Waals surface area contributed by atoms with Crippen LogP contribution in [0.25, 0.3) is 11.3 Å². The standard InChI is InChI=1S/C31H44N6O3/c1-5-23-21-36(30(39)31(3)14-7-8-15-31)18-19-37(23)26-12-11-25(24-10-9-16-32-29(24)40-6-2)34-27(26)28(38)33-22-13-17-35(4)20-22/h9-12,16,22-23H,5-8,13-15,17-21H2,1-4H3,(H,33,38)/t22-,23-/m1/s1. The summed E-state index contributed by atoms with van der Waals surface area (Å²) >= 11 is 0. The number of nitrogens with zero attached hydrogens (tertiary/aromatic N) is 5. The number of carbonyl (C=O) groups is 2. The van der Waals surface area contributed by atoms with E-state index in [-0.39, 0.29) is 23.4 Å². The van der Waals surface area contributed by atoms with E-state index in [1.54, 1.807) is 6.20 Å². The van der Waals surface area contributed by atoms with Crippen LogP contribution in [0.5, 0.6) is 5.88 Å². The summed E-state index contributed by atoms with van der Waals surface area (Å²) in [6.07, 6.45) is 7.72. The SMILES string of the molecule is CCOc1ncccc1-c1ccc(N2CCN(C(=O)C3(C)CCCC3)C[C@H]2CC)c(C(=O)N[C@@H]2CCN(C)C2)n1. The quantitative estimate of drug-likeness (QED) is 0.534.